The lowest BCUT2D eigenvalue weighted by molar-refractivity contribution is -0.277. The molecule has 1 aliphatic carbocycles. The van der Waals surface area contributed by atoms with Gasteiger partial charge in [-0.3, -0.25) is 4.55 Å². The number of alkyl halides is 1. The van der Waals surface area contributed by atoms with Gasteiger partial charge in [-0.05, 0) is 30.5 Å². The first-order valence-electron chi connectivity index (χ1n) is 10.8. The Bertz CT molecular complexity index is 1210. The van der Waals surface area contributed by atoms with Crippen LogP contribution in [0.15, 0.2) is 29.7 Å². The van der Waals surface area contributed by atoms with Crippen LogP contribution in [0.5, 0.6) is 5.75 Å². The van der Waals surface area contributed by atoms with Crippen molar-refractivity contribution in [3.8, 4) is 5.75 Å². The number of aliphatic hydroxyl groups excluding tert-OH is 4. The molecule has 36 heavy (non-hydrogen) atoms. The molecule has 2 fully saturated rings. The van der Waals surface area contributed by atoms with Crippen molar-refractivity contribution in [2.24, 2.45) is 0 Å². The van der Waals surface area contributed by atoms with Gasteiger partial charge in [0, 0.05) is 11.4 Å². The summed E-state index contributed by atoms with van der Waals surface area (Å²) >= 11 is 13.0. The summed E-state index contributed by atoms with van der Waals surface area (Å²) in [7, 11) is -4.70. The maximum absolute atomic E-state index is 11.6. The predicted octanol–water partition coefficient (Wildman–Crippen LogP) is -0.898. The summed E-state index contributed by atoms with van der Waals surface area (Å²) in [5.41, 5.74) is -1.31. The van der Waals surface area contributed by atoms with E-state index in [9.17, 15) is 38.5 Å². The molecule has 1 aromatic carbocycles. The molecule has 13 nitrogen and oxygen atoms in total. The van der Waals surface area contributed by atoms with Crippen molar-refractivity contribution in [1.82, 2.24) is 14.8 Å². The number of aliphatic hydroxyl groups is 5. The Morgan fingerprint density at radius 2 is 1.92 bits per heavy atom. The molecular formula is C20H25Cl2N3O10S. The zero-order chi connectivity index (χ0) is 26.5. The van der Waals surface area contributed by atoms with E-state index in [2.05, 4.69) is 10.1 Å². The summed E-state index contributed by atoms with van der Waals surface area (Å²) in [5, 5.41) is 54.0. The van der Waals surface area contributed by atoms with Gasteiger partial charge < -0.3 is 35.0 Å². The molecule has 2 aromatic rings. The van der Waals surface area contributed by atoms with E-state index in [1.54, 1.807) is 0 Å². The average Bonchev–Trinajstić information content (AvgIpc) is 3.39. The van der Waals surface area contributed by atoms with Crippen LogP contribution in [-0.2, 0) is 27.8 Å². The minimum atomic E-state index is -4.70. The highest BCUT2D eigenvalue weighted by Crippen LogP contribution is 2.53. The lowest BCUT2D eigenvalue weighted by Crippen LogP contribution is -2.60. The van der Waals surface area contributed by atoms with Gasteiger partial charge in [-0.1, -0.05) is 17.7 Å². The van der Waals surface area contributed by atoms with Gasteiger partial charge >= 0.3 is 10.1 Å². The van der Waals surface area contributed by atoms with E-state index >= 15 is 0 Å². The predicted molar refractivity (Wildman–Crippen MR) is 122 cm³/mol. The second-order valence-electron chi connectivity index (χ2n) is 8.92. The van der Waals surface area contributed by atoms with E-state index in [1.165, 1.54) is 18.2 Å². The van der Waals surface area contributed by atoms with Crippen LogP contribution >= 0.6 is 23.2 Å². The van der Waals surface area contributed by atoms with Gasteiger partial charge in [0.05, 0.1) is 18.0 Å². The lowest BCUT2D eigenvalue weighted by atomic mass is 9.89. The summed E-state index contributed by atoms with van der Waals surface area (Å²) in [5.74, 6) is 0.119. The molecule has 6 N–H and O–H groups in total. The first-order chi connectivity index (χ1) is 16.8. The molecule has 4 rings (SSSR count). The van der Waals surface area contributed by atoms with Crippen molar-refractivity contribution in [3.63, 3.8) is 0 Å². The quantitative estimate of drug-likeness (QED) is 0.160. The fourth-order valence-corrected chi connectivity index (χ4v) is 5.12. The molecule has 2 heterocycles. The molecule has 0 amide bonds. The van der Waals surface area contributed by atoms with Crippen LogP contribution in [0.1, 0.15) is 18.4 Å². The summed E-state index contributed by atoms with van der Waals surface area (Å²) in [4.78, 5) is 2.44. The molecule has 2 aliphatic rings. The number of rotatable bonds is 9. The molecule has 6 atom stereocenters. The second kappa shape index (κ2) is 9.94. The van der Waals surface area contributed by atoms with E-state index in [1.807, 2.05) is 0 Å². The van der Waals surface area contributed by atoms with E-state index in [-0.39, 0.29) is 17.2 Å². The van der Waals surface area contributed by atoms with Gasteiger partial charge in [-0.15, -0.1) is 11.6 Å². The average molecular weight is 570 g/mol. The van der Waals surface area contributed by atoms with E-state index in [4.69, 9.17) is 32.7 Å². The summed E-state index contributed by atoms with van der Waals surface area (Å²) < 4.78 is 44.3. The third kappa shape index (κ3) is 5.34. The van der Waals surface area contributed by atoms with Crippen LogP contribution in [0, 0.1) is 0 Å². The van der Waals surface area contributed by atoms with Gasteiger partial charge in [0.25, 0.3) is 5.16 Å². The standard InChI is InChI=1S/C20H25Cl2N3O10S/c21-12-5-11(34-17-16(29)15(28)14(27)13(7-26)35-17)2-1-10(12)6-20(30,19(22)3-4-19)8-25-18(23-9-24-25)36(31,32)33/h1-2,5,9,13-17,26-30H,3-4,6-8H2,(H,31,32,33)/t13-,14-,15+,16-,17+,20?/m1/s1. The van der Waals surface area contributed by atoms with Gasteiger partial charge in [-0.25, -0.2) is 9.67 Å². The van der Waals surface area contributed by atoms with Crippen molar-refractivity contribution in [3.05, 3.63) is 35.1 Å². The largest absolute Gasteiger partial charge is 0.462 e. The zero-order valence-corrected chi connectivity index (χ0v) is 20.9. The SMILES string of the molecule is O=S(=O)(O)c1ncnn1CC(O)(Cc1ccc(O[C@H]2O[C@H](CO)[C@@H](O)[C@H](O)[C@H]2O)cc1Cl)C1(Cl)CC1. The highest BCUT2D eigenvalue weighted by atomic mass is 35.5. The normalized spacial score (nSPS) is 29.5. The molecule has 16 heteroatoms. The van der Waals surface area contributed by atoms with Crippen molar-refractivity contribution in [1.29, 1.82) is 0 Å². The van der Waals surface area contributed by atoms with Crippen LogP contribution in [0.25, 0.3) is 0 Å². The highest BCUT2D eigenvalue weighted by Gasteiger charge is 2.58. The number of benzene rings is 1. The van der Waals surface area contributed by atoms with E-state index in [0.717, 1.165) is 11.0 Å². The zero-order valence-electron chi connectivity index (χ0n) is 18.6. The summed E-state index contributed by atoms with van der Waals surface area (Å²) in [6, 6.07) is 4.34. The first-order valence-corrected chi connectivity index (χ1v) is 13.0. The molecule has 200 valence electrons. The summed E-state index contributed by atoms with van der Waals surface area (Å²) in [6.45, 7) is -1.01. The van der Waals surface area contributed by atoms with Crippen LogP contribution in [0.4, 0.5) is 0 Å². The molecule has 1 saturated carbocycles. The molecular weight excluding hydrogens is 545 g/mol. The molecule has 0 bridgehead atoms. The van der Waals surface area contributed by atoms with Crippen LogP contribution in [-0.4, -0.2) is 101 Å². The number of hydrogen-bond acceptors (Lipinski definition) is 11. The first kappa shape index (κ1) is 27.4. The maximum atomic E-state index is 11.6. The fourth-order valence-electron chi connectivity index (χ4n) is 4.10. The Morgan fingerprint density at radius 3 is 2.50 bits per heavy atom. The maximum Gasteiger partial charge on any atom is 0.330 e. The summed E-state index contributed by atoms with van der Waals surface area (Å²) in [6.07, 6.45) is -5.65. The Balaban J connectivity index is 1.54. The molecule has 1 aromatic heterocycles. The van der Waals surface area contributed by atoms with E-state index in [0.29, 0.717) is 18.4 Å². The third-order valence-corrected chi connectivity index (χ3v) is 8.21. The van der Waals surface area contributed by atoms with Crippen molar-refractivity contribution >= 4 is 33.3 Å². The second-order valence-corrected chi connectivity index (χ2v) is 11.4. The Labute approximate surface area is 215 Å². The van der Waals surface area contributed by atoms with Crippen molar-refractivity contribution < 1.29 is 48.0 Å². The Morgan fingerprint density at radius 1 is 1.22 bits per heavy atom. The van der Waals surface area contributed by atoms with Crippen LogP contribution in [0.2, 0.25) is 5.02 Å². The number of halogens is 2. The fraction of sp³-hybridized carbons (Fsp3) is 0.600. The molecule has 0 spiro atoms. The van der Waals surface area contributed by atoms with E-state index < -0.39 is 69.6 Å². The molecule has 1 unspecified atom stereocenters. The van der Waals surface area contributed by atoms with Crippen molar-refractivity contribution in [2.75, 3.05) is 6.61 Å². The number of aromatic nitrogens is 3. The molecule has 0 radical (unpaired) electrons. The van der Waals surface area contributed by atoms with Gasteiger partial charge in [-0.2, -0.15) is 13.5 Å². The minimum absolute atomic E-state index is 0.119. The molecule has 1 aliphatic heterocycles. The lowest BCUT2D eigenvalue weighted by Gasteiger charge is -2.39. The Kier molecular flexibility index (Phi) is 7.58. The number of ether oxygens (including phenoxy) is 2. The van der Waals surface area contributed by atoms with Crippen molar-refractivity contribution in [2.45, 2.75) is 72.1 Å². The minimum Gasteiger partial charge on any atom is -0.462 e. The smallest absolute Gasteiger partial charge is 0.330 e. The molecule has 1 saturated heterocycles. The van der Waals surface area contributed by atoms with Gasteiger partial charge in [0.2, 0.25) is 6.29 Å². The highest BCUT2D eigenvalue weighted by molar-refractivity contribution is 7.85. The third-order valence-electron chi connectivity index (χ3n) is 6.35. The monoisotopic (exact) mass is 569 g/mol. The van der Waals surface area contributed by atoms with Gasteiger partial charge in [0.15, 0.2) is 0 Å². The number of hydrogen-bond donors (Lipinski definition) is 6. The number of nitrogens with zero attached hydrogens (tertiary/aromatic N) is 3. The Hall–Kier alpha value is -1.59. The van der Waals surface area contributed by atoms with Crippen LogP contribution < -0.4 is 4.74 Å². The van der Waals surface area contributed by atoms with Crippen LogP contribution in [0.3, 0.4) is 0 Å². The topological polar surface area (TPSA) is 205 Å². The van der Waals surface area contributed by atoms with Gasteiger partial charge in [0.1, 0.15) is 42.1 Å².